The van der Waals surface area contributed by atoms with Crippen LogP contribution in [0.5, 0.6) is 0 Å². The maximum atomic E-state index is 9.11. The maximum Gasteiger partial charge on any atom is 0.0641 e. The molecular formula is C14H26O. The first kappa shape index (κ1) is 12.8. The molecule has 2 atom stereocenters. The van der Waals surface area contributed by atoms with E-state index in [0.717, 1.165) is 24.7 Å². The number of aliphatic hydroxyl groups excluding tert-OH is 1. The zero-order valence-electron chi connectivity index (χ0n) is 10.7. The van der Waals surface area contributed by atoms with Crippen molar-refractivity contribution in [1.29, 1.82) is 0 Å². The summed E-state index contributed by atoms with van der Waals surface area (Å²) in [6.45, 7) is 9.52. The second-order valence-electron chi connectivity index (χ2n) is 5.61. The number of hydrogen-bond acceptors (Lipinski definition) is 1. The molecule has 15 heavy (non-hydrogen) atoms. The van der Waals surface area contributed by atoms with Crippen LogP contribution in [0, 0.1) is 17.3 Å². The summed E-state index contributed by atoms with van der Waals surface area (Å²) in [5, 5.41) is 9.11. The Morgan fingerprint density at radius 2 is 2.07 bits per heavy atom. The molecule has 0 bridgehead atoms. The third-order valence-corrected chi connectivity index (χ3v) is 4.62. The van der Waals surface area contributed by atoms with E-state index in [9.17, 15) is 0 Å². The Hall–Kier alpha value is -0.300. The molecule has 2 unspecified atom stereocenters. The summed E-state index contributed by atoms with van der Waals surface area (Å²) >= 11 is 0. The van der Waals surface area contributed by atoms with Crippen LogP contribution in [-0.2, 0) is 0 Å². The third-order valence-electron chi connectivity index (χ3n) is 4.62. The van der Waals surface area contributed by atoms with Crippen LogP contribution in [-0.4, -0.2) is 11.7 Å². The molecule has 1 saturated carbocycles. The largest absolute Gasteiger partial charge is 0.392 e. The quantitative estimate of drug-likeness (QED) is 0.700. The fourth-order valence-corrected chi connectivity index (χ4v) is 2.65. The molecule has 1 rings (SSSR count). The minimum Gasteiger partial charge on any atom is -0.392 e. The van der Waals surface area contributed by atoms with Gasteiger partial charge in [0, 0.05) is 0 Å². The van der Waals surface area contributed by atoms with E-state index in [4.69, 9.17) is 5.11 Å². The van der Waals surface area contributed by atoms with Crippen molar-refractivity contribution < 1.29 is 5.11 Å². The van der Waals surface area contributed by atoms with Crippen molar-refractivity contribution in [2.75, 3.05) is 6.61 Å². The van der Waals surface area contributed by atoms with Gasteiger partial charge in [-0.1, -0.05) is 33.8 Å². The number of aliphatic hydroxyl groups is 1. The highest BCUT2D eigenvalue weighted by atomic mass is 16.3. The number of hydrogen-bond donors (Lipinski definition) is 1. The minimum atomic E-state index is 0.235. The Morgan fingerprint density at radius 1 is 1.40 bits per heavy atom. The highest BCUT2D eigenvalue weighted by Gasteiger charge is 2.39. The maximum absolute atomic E-state index is 9.11. The van der Waals surface area contributed by atoms with Crippen molar-refractivity contribution in [1.82, 2.24) is 0 Å². The van der Waals surface area contributed by atoms with Gasteiger partial charge in [-0.15, -0.1) is 0 Å². The number of allylic oxidation sites excluding steroid dienone is 1. The van der Waals surface area contributed by atoms with Crippen LogP contribution in [0.25, 0.3) is 0 Å². The average Bonchev–Trinajstić information content (AvgIpc) is 2.45. The monoisotopic (exact) mass is 210 g/mol. The molecule has 1 fully saturated rings. The highest BCUT2D eigenvalue weighted by molar-refractivity contribution is 5.04. The molecule has 1 nitrogen and oxygen atoms in total. The highest BCUT2D eigenvalue weighted by Crippen LogP contribution is 2.48. The summed E-state index contributed by atoms with van der Waals surface area (Å²) in [7, 11) is 0. The van der Waals surface area contributed by atoms with Crippen molar-refractivity contribution >= 4 is 0 Å². The molecular weight excluding hydrogens is 184 g/mol. The van der Waals surface area contributed by atoms with Gasteiger partial charge in [0.15, 0.2) is 0 Å². The van der Waals surface area contributed by atoms with E-state index < -0.39 is 0 Å². The van der Waals surface area contributed by atoms with E-state index in [1.165, 1.54) is 18.4 Å². The zero-order valence-corrected chi connectivity index (χ0v) is 10.7. The lowest BCUT2D eigenvalue weighted by atomic mass is 9.75. The van der Waals surface area contributed by atoms with Crippen LogP contribution < -0.4 is 0 Å². The Balaban J connectivity index is 2.56. The fraction of sp³-hybridized carbons (Fsp3) is 0.857. The molecule has 0 aliphatic heterocycles. The van der Waals surface area contributed by atoms with Crippen LogP contribution in [0.15, 0.2) is 11.6 Å². The summed E-state index contributed by atoms with van der Waals surface area (Å²) in [5.74, 6) is 1.65. The Labute approximate surface area is 94.6 Å². The van der Waals surface area contributed by atoms with Gasteiger partial charge >= 0.3 is 0 Å². The zero-order chi connectivity index (χ0) is 11.5. The molecule has 1 N–H and O–H groups in total. The molecule has 0 aromatic heterocycles. The summed E-state index contributed by atoms with van der Waals surface area (Å²) < 4.78 is 0. The summed E-state index contributed by atoms with van der Waals surface area (Å²) in [6.07, 6.45) is 7.13. The van der Waals surface area contributed by atoms with E-state index in [-0.39, 0.29) is 6.61 Å². The van der Waals surface area contributed by atoms with Gasteiger partial charge < -0.3 is 5.11 Å². The molecule has 0 aromatic rings. The van der Waals surface area contributed by atoms with Crippen LogP contribution >= 0.6 is 0 Å². The van der Waals surface area contributed by atoms with Crippen molar-refractivity contribution in [2.24, 2.45) is 17.3 Å². The number of rotatable bonds is 4. The Morgan fingerprint density at radius 3 is 2.47 bits per heavy atom. The van der Waals surface area contributed by atoms with Crippen molar-refractivity contribution in [3.63, 3.8) is 0 Å². The first-order valence-electron chi connectivity index (χ1n) is 6.31. The van der Waals surface area contributed by atoms with E-state index in [2.05, 4.69) is 33.8 Å². The predicted molar refractivity (Wildman–Crippen MR) is 65.7 cm³/mol. The molecule has 88 valence electrons. The van der Waals surface area contributed by atoms with Crippen molar-refractivity contribution in [3.8, 4) is 0 Å². The summed E-state index contributed by atoms with van der Waals surface area (Å²) in [6, 6.07) is 0. The van der Waals surface area contributed by atoms with Gasteiger partial charge in [0.2, 0.25) is 0 Å². The van der Waals surface area contributed by atoms with Gasteiger partial charge in [-0.2, -0.15) is 0 Å². The van der Waals surface area contributed by atoms with Crippen molar-refractivity contribution in [2.45, 2.75) is 53.4 Å². The van der Waals surface area contributed by atoms with Gasteiger partial charge in [-0.25, -0.2) is 0 Å². The molecule has 0 amide bonds. The van der Waals surface area contributed by atoms with Crippen LogP contribution in [0.1, 0.15) is 53.4 Å². The fourth-order valence-electron chi connectivity index (χ4n) is 2.65. The van der Waals surface area contributed by atoms with Crippen LogP contribution in [0.4, 0.5) is 0 Å². The normalized spacial score (nSPS) is 30.9. The molecule has 0 aromatic carbocycles. The van der Waals surface area contributed by atoms with Crippen LogP contribution in [0.2, 0.25) is 0 Å². The second kappa shape index (κ2) is 5.16. The summed E-state index contributed by atoms with van der Waals surface area (Å²) in [4.78, 5) is 0. The van der Waals surface area contributed by atoms with Crippen molar-refractivity contribution in [3.05, 3.63) is 11.6 Å². The van der Waals surface area contributed by atoms with Crippen LogP contribution in [0.3, 0.4) is 0 Å². The van der Waals surface area contributed by atoms with Gasteiger partial charge in [0.1, 0.15) is 0 Å². The van der Waals surface area contributed by atoms with E-state index in [1.807, 2.05) is 0 Å². The van der Waals surface area contributed by atoms with Gasteiger partial charge in [0.25, 0.3) is 0 Å². The van der Waals surface area contributed by atoms with Gasteiger partial charge in [-0.3, -0.25) is 0 Å². The Bertz CT molecular complexity index is 221. The first-order chi connectivity index (χ1) is 7.02. The molecule has 0 heterocycles. The van der Waals surface area contributed by atoms with E-state index in [1.54, 1.807) is 0 Å². The molecule has 0 saturated heterocycles. The molecule has 1 aliphatic rings. The SMILES string of the molecule is CC/C(=C/CC1CCC(C)C1(C)C)CO. The smallest absolute Gasteiger partial charge is 0.0641 e. The lowest BCUT2D eigenvalue weighted by Crippen LogP contribution is -2.22. The van der Waals surface area contributed by atoms with Gasteiger partial charge in [-0.05, 0) is 48.5 Å². The molecule has 0 radical (unpaired) electrons. The molecule has 0 spiro atoms. The average molecular weight is 210 g/mol. The minimum absolute atomic E-state index is 0.235. The molecule has 1 heteroatoms. The van der Waals surface area contributed by atoms with E-state index in [0.29, 0.717) is 5.41 Å². The summed E-state index contributed by atoms with van der Waals surface area (Å²) in [5.41, 5.74) is 1.68. The third kappa shape index (κ3) is 2.84. The first-order valence-corrected chi connectivity index (χ1v) is 6.31. The van der Waals surface area contributed by atoms with E-state index >= 15 is 0 Å². The lowest BCUT2D eigenvalue weighted by molar-refractivity contribution is 0.199. The predicted octanol–water partition coefficient (Wildman–Crippen LogP) is 3.78. The standard InChI is InChI=1S/C14H26O/c1-5-12(10-15)7-9-13-8-6-11(2)14(13,3)4/h7,11,13,15H,5-6,8-10H2,1-4H3/b12-7-. The second-order valence-corrected chi connectivity index (χ2v) is 5.61. The topological polar surface area (TPSA) is 20.2 Å². The van der Waals surface area contributed by atoms with Gasteiger partial charge in [0.05, 0.1) is 6.61 Å². The Kier molecular flexibility index (Phi) is 4.39. The molecule has 1 aliphatic carbocycles. The lowest BCUT2D eigenvalue weighted by Gasteiger charge is -2.30.